The van der Waals surface area contributed by atoms with Crippen LogP contribution >= 0.6 is 0 Å². The zero-order valence-corrected chi connectivity index (χ0v) is 15.7. The fraction of sp³-hybridized carbons (Fsp3) is 0.0833. The topological polar surface area (TPSA) is 42.0 Å². The molecule has 0 bridgehead atoms. The maximum absolute atomic E-state index is 13.5. The molecule has 4 aromatic rings. The van der Waals surface area contributed by atoms with Crippen LogP contribution in [0.25, 0.3) is 22.2 Å². The van der Waals surface area contributed by atoms with Gasteiger partial charge in [0.15, 0.2) is 11.6 Å². The van der Waals surface area contributed by atoms with Crippen LogP contribution in [0.4, 0.5) is 14.5 Å². The molecule has 0 atom stereocenters. The Labute approximate surface area is 167 Å². The average molecular weight is 388 g/mol. The monoisotopic (exact) mass is 388 g/mol. The van der Waals surface area contributed by atoms with Gasteiger partial charge in [0.1, 0.15) is 0 Å². The van der Waals surface area contributed by atoms with Gasteiger partial charge in [0.25, 0.3) is 5.91 Å². The van der Waals surface area contributed by atoms with Crippen molar-refractivity contribution in [2.75, 3.05) is 5.32 Å². The molecule has 4 rings (SSSR count). The highest BCUT2D eigenvalue weighted by Crippen LogP contribution is 2.26. The Balaban J connectivity index is 1.77. The van der Waals surface area contributed by atoms with E-state index in [0.717, 1.165) is 24.1 Å². The summed E-state index contributed by atoms with van der Waals surface area (Å²) in [5.41, 5.74) is 4.06. The minimum Gasteiger partial charge on any atom is -0.322 e. The van der Waals surface area contributed by atoms with Crippen LogP contribution in [0.3, 0.4) is 0 Å². The quantitative estimate of drug-likeness (QED) is 0.466. The number of halogens is 2. The third kappa shape index (κ3) is 3.85. The lowest BCUT2D eigenvalue weighted by molar-refractivity contribution is 0.102. The normalized spacial score (nSPS) is 10.9. The molecule has 3 nitrogen and oxygen atoms in total. The van der Waals surface area contributed by atoms with Crippen LogP contribution in [-0.4, -0.2) is 10.9 Å². The van der Waals surface area contributed by atoms with Crippen LogP contribution in [0.2, 0.25) is 0 Å². The summed E-state index contributed by atoms with van der Waals surface area (Å²) < 4.78 is 26.7. The molecular weight excluding hydrogens is 370 g/mol. The van der Waals surface area contributed by atoms with Crippen molar-refractivity contribution < 1.29 is 13.6 Å². The molecule has 0 spiro atoms. The number of anilines is 1. The number of pyridine rings is 1. The highest BCUT2D eigenvalue weighted by Gasteiger charge is 2.15. The lowest BCUT2D eigenvalue weighted by Crippen LogP contribution is -2.13. The molecule has 0 aliphatic rings. The number of nitrogens with zero attached hydrogens (tertiary/aromatic N) is 1. The zero-order valence-electron chi connectivity index (χ0n) is 15.7. The largest absolute Gasteiger partial charge is 0.322 e. The molecule has 0 unspecified atom stereocenters. The van der Waals surface area contributed by atoms with Crippen molar-refractivity contribution >= 4 is 22.5 Å². The van der Waals surface area contributed by atoms with Crippen molar-refractivity contribution in [1.82, 2.24) is 4.98 Å². The third-order valence-corrected chi connectivity index (χ3v) is 4.80. The van der Waals surface area contributed by atoms with Gasteiger partial charge < -0.3 is 5.32 Å². The van der Waals surface area contributed by atoms with Gasteiger partial charge in [-0.2, -0.15) is 0 Å². The smallest absolute Gasteiger partial charge is 0.256 e. The van der Waals surface area contributed by atoms with E-state index in [4.69, 9.17) is 0 Å². The van der Waals surface area contributed by atoms with Gasteiger partial charge in [-0.05, 0) is 36.2 Å². The molecule has 0 aliphatic carbocycles. The second-order valence-corrected chi connectivity index (χ2v) is 6.71. The number of fused-ring (bicyclic) bond motifs is 1. The van der Waals surface area contributed by atoms with E-state index in [9.17, 15) is 13.6 Å². The van der Waals surface area contributed by atoms with Gasteiger partial charge >= 0.3 is 0 Å². The lowest BCUT2D eigenvalue weighted by Gasteiger charge is -2.11. The summed E-state index contributed by atoms with van der Waals surface area (Å²) in [6.45, 7) is 2.09. The molecule has 0 aliphatic heterocycles. The third-order valence-electron chi connectivity index (χ3n) is 4.80. The summed E-state index contributed by atoms with van der Waals surface area (Å²) >= 11 is 0. The molecule has 1 heterocycles. The molecule has 144 valence electrons. The molecule has 0 saturated heterocycles. The van der Waals surface area contributed by atoms with Crippen LogP contribution in [-0.2, 0) is 6.42 Å². The average Bonchev–Trinajstić information content (AvgIpc) is 2.75. The molecule has 1 N–H and O–H groups in total. The number of carbonyl (C=O) groups excluding carboxylic acids is 1. The Morgan fingerprint density at radius 3 is 2.41 bits per heavy atom. The molecule has 3 aromatic carbocycles. The summed E-state index contributed by atoms with van der Waals surface area (Å²) in [6.07, 6.45) is 0.938. The van der Waals surface area contributed by atoms with Crippen LogP contribution < -0.4 is 5.32 Å². The Kier molecular flexibility index (Phi) is 5.04. The highest BCUT2D eigenvalue weighted by molar-refractivity contribution is 6.13. The van der Waals surface area contributed by atoms with Crippen molar-refractivity contribution in [2.45, 2.75) is 13.3 Å². The van der Waals surface area contributed by atoms with Crippen molar-refractivity contribution in [3.8, 4) is 11.3 Å². The van der Waals surface area contributed by atoms with Gasteiger partial charge in [0.2, 0.25) is 0 Å². The molecule has 1 amide bonds. The minimum atomic E-state index is -1.01. The Morgan fingerprint density at radius 1 is 0.931 bits per heavy atom. The van der Waals surface area contributed by atoms with Crippen molar-refractivity contribution in [3.63, 3.8) is 0 Å². The Hall–Kier alpha value is -3.60. The number of aromatic nitrogens is 1. The van der Waals surface area contributed by atoms with E-state index in [2.05, 4.69) is 17.2 Å². The SMILES string of the molecule is CCc1ccc(-c2cc(C(=O)Nc3ccc(F)c(F)c3)c3ccccc3n2)cc1. The van der Waals surface area contributed by atoms with Gasteiger partial charge in [0, 0.05) is 22.7 Å². The minimum absolute atomic E-state index is 0.184. The van der Waals surface area contributed by atoms with Crippen molar-refractivity contribution in [1.29, 1.82) is 0 Å². The van der Waals surface area contributed by atoms with Gasteiger partial charge in [-0.25, -0.2) is 13.8 Å². The van der Waals surface area contributed by atoms with Gasteiger partial charge in [-0.15, -0.1) is 0 Å². The fourth-order valence-electron chi connectivity index (χ4n) is 3.19. The molecule has 0 saturated carbocycles. The van der Waals surface area contributed by atoms with Gasteiger partial charge in [-0.3, -0.25) is 4.79 Å². The van der Waals surface area contributed by atoms with E-state index in [0.29, 0.717) is 22.2 Å². The molecule has 0 fully saturated rings. The molecule has 5 heteroatoms. The number of nitrogens with one attached hydrogen (secondary N) is 1. The lowest BCUT2D eigenvalue weighted by atomic mass is 10.0. The van der Waals surface area contributed by atoms with E-state index in [1.165, 1.54) is 11.6 Å². The predicted molar refractivity (Wildman–Crippen MR) is 111 cm³/mol. The first-order chi connectivity index (χ1) is 14.0. The second kappa shape index (κ2) is 7.80. The number of hydrogen-bond donors (Lipinski definition) is 1. The molecule has 1 aromatic heterocycles. The second-order valence-electron chi connectivity index (χ2n) is 6.71. The van der Waals surface area contributed by atoms with Gasteiger partial charge in [0.05, 0.1) is 16.8 Å². The van der Waals surface area contributed by atoms with E-state index in [1.807, 2.05) is 48.5 Å². The zero-order chi connectivity index (χ0) is 20.4. The maximum Gasteiger partial charge on any atom is 0.256 e. The van der Waals surface area contributed by atoms with E-state index in [1.54, 1.807) is 6.07 Å². The number of benzene rings is 3. The molecular formula is C24H18F2N2O. The standard InChI is InChI=1S/C24H18F2N2O/c1-2-15-7-9-16(10-8-15)23-14-19(18-5-3-4-6-22(18)28-23)24(29)27-17-11-12-20(25)21(26)13-17/h3-14H,2H2,1H3,(H,27,29). The van der Waals surface area contributed by atoms with E-state index >= 15 is 0 Å². The Morgan fingerprint density at radius 2 is 1.69 bits per heavy atom. The maximum atomic E-state index is 13.5. The van der Waals surface area contributed by atoms with Crippen LogP contribution in [0.15, 0.2) is 72.8 Å². The number of amides is 1. The van der Waals surface area contributed by atoms with Crippen LogP contribution in [0.1, 0.15) is 22.8 Å². The summed E-state index contributed by atoms with van der Waals surface area (Å²) in [5, 5.41) is 3.32. The number of carbonyl (C=O) groups is 1. The van der Waals surface area contributed by atoms with Crippen LogP contribution in [0.5, 0.6) is 0 Å². The molecule has 0 radical (unpaired) electrons. The van der Waals surface area contributed by atoms with E-state index in [-0.39, 0.29) is 5.69 Å². The number of aryl methyl sites for hydroxylation is 1. The van der Waals surface area contributed by atoms with Crippen LogP contribution in [0, 0.1) is 11.6 Å². The fourth-order valence-corrected chi connectivity index (χ4v) is 3.19. The Bertz CT molecular complexity index is 1200. The first-order valence-electron chi connectivity index (χ1n) is 9.30. The summed E-state index contributed by atoms with van der Waals surface area (Å²) in [4.78, 5) is 17.6. The summed E-state index contributed by atoms with van der Waals surface area (Å²) in [5.74, 6) is -2.39. The number of para-hydroxylation sites is 1. The number of rotatable bonds is 4. The van der Waals surface area contributed by atoms with Crippen molar-refractivity contribution in [3.05, 3.63) is 95.6 Å². The summed E-state index contributed by atoms with van der Waals surface area (Å²) in [6, 6.07) is 20.4. The first-order valence-corrected chi connectivity index (χ1v) is 9.30. The number of hydrogen-bond acceptors (Lipinski definition) is 2. The van der Waals surface area contributed by atoms with E-state index < -0.39 is 17.5 Å². The predicted octanol–water partition coefficient (Wildman–Crippen LogP) is 5.99. The van der Waals surface area contributed by atoms with Gasteiger partial charge in [-0.1, -0.05) is 49.4 Å². The molecule has 29 heavy (non-hydrogen) atoms. The highest BCUT2D eigenvalue weighted by atomic mass is 19.2. The first kappa shape index (κ1) is 18.7. The van der Waals surface area contributed by atoms with Crippen molar-refractivity contribution in [2.24, 2.45) is 0 Å². The summed E-state index contributed by atoms with van der Waals surface area (Å²) in [7, 11) is 0.